The summed E-state index contributed by atoms with van der Waals surface area (Å²) in [6, 6.07) is 37.0. The van der Waals surface area contributed by atoms with E-state index in [4.69, 9.17) is 31.4 Å². The number of benzene rings is 5. The van der Waals surface area contributed by atoms with Gasteiger partial charge in [0, 0.05) is 22.3 Å². The molecule has 0 fully saturated rings. The van der Waals surface area contributed by atoms with E-state index in [1.807, 2.05) is 36.4 Å². The fourth-order valence-electron chi connectivity index (χ4n) is 6.04. The number of rotatable bonds is 4. The topological polar surface area (TPSA) is 104 Å². The first-order chi connectivity index (χ1) is 22.9. The number of aromatic nitrogens is 4. The molecule has 4 N–H and O–H groups in total. The molecule has 238 valence electrons. The Morgan fingerprint density at radius 1 is 0.375 bits per heavy atom. The van der Waals surface area contributed by atoms with Crippen LogP contribution in [0.15, 0.2) is 109 Å². The van der Waals surface area contributed by atoms with Gasteiger partial charge in [-0.25, -0.2) is 19.9 Å². The Kier molecular flexibility index (Phi) is 7.47. The molecule has 0 unspecified atom stereocenters. The Morgan fingerprint density at radius 2 is 0.667 bits per heavy atom. The van der Waals surface area contributed by atoms with E-state index in [1.54, 1.807) is 0 Å². The minimum absolute atomic E-state index is 0.0432. The summed E-state index contributed by atoms with van der Waals surface area (Å²) in [7, 11) is 0. The minimum atomic E-state index is 0.0432. The van der Waals surface area contributed by atoms with Crippen LogP contribution in [0.3, 0.4) is 0 Å². The van der Waals surface area contributed by atoms with E-state index in [9.17, 15) is 0 Å². The average molecular weight is 629 g/mol. The second-order valence-electron chi connectivity index (χ2n) is 14.5. The number of nitrogens with two attached hydrogens (primary N) is 2. The molecular weight excluding hydrogens is 589 g/mol. The number of fused-ring (bicyclic) bond motifs is 2. The Morgan fingerprint density at radius 3 is 0.979 bits per heavy atom. The molecule has 7 rings (SSSR count). The zero-order valence-corrected chi connectivity index (χ0v) is 28.3. The van der Waals surface area contributed by atoms with Crippen LogP contribution in [-0.2, 0) is 10.8 Å². The van der Waals surface area contributed by atoms with Gasteiger partial charge in [-0.2, -0.15) is 0 Å². The third-order valence-corrected chi connectivity index (χ3v) is 8.93. The standard InChI is InChI=1S/C42H40N6/c1-41(2,3)29-21-17-27(18-22-29)37-35(45-33-11-7-9-31(43)39(33)47-37)25-13-15-26(16-14-25)36-38(28-19-23-30(24-20-28)42(4,5)6)48-40-32(44)10-8-12-34(40)46-36/h7-24H,43-44H2,1-6H3. The summed E-state index contributed by atoms with van der Waals surface area (Å²) in [5, 5.41) is 0. The molecule has 7 aromatic rings. The van der Waals surface area contributed by atoms with Gasteiger partial charge < -0.3 is 11.5 Å². The summed E-state index contributed by atoms with van der Waals surface area (Å²) in [6.45, 7) is 13.3. The molecular formula is C42H40N6. The van der Waals surface area contributed by atoms with E-state index >= 15 is 0 Å². The fourth-order valence-corrected chi connectivity index (χ4v) is 6.04. The highest BCUT2D eigenvalue weighted by Gasteiger charge is 2.20. The van der Waals surface area contributed by atoms with Crippen molar-refractivity contribution in [2.45, 2.75) is 52.4 Å². The second kappa shape index (κ2) is 11.6. The fraction of sp³-hybridized carbons (Fsp3) is 0.190. The van der Waals surface area contributed by atoms with Crippen molar-refractivity contribution >= 4 is 33.4 Å². The minimum Gasteiger partial charge on any atom is -0.397 e. The largest absolute Gasteiger partial charge is 0.397 e. The number of hydrogen-bond acceptors (Lipinski definition) is 6. The summed E-state index contributed by atoms with van der Waals surface area (Å²) in [6.07, 6.45) is 0. The van der Waals surface area contributed by atoms with Crippen molar-refractivity contribution < 1.29 is 0 Å². The lowest BCUT2D eigenvalue weighted by Gasteiger charge is -2.19. The van der Waals surface area contributed by atoms with Gasteiger partial charge in [0.25, 0.3) is 0 Å². The Labute approximate surface area is 282 Å². The first-order valence-electron chi connectivity index (χ1n) is 16.3. The van der Waals surface area contributed by atoms with Gasteiger partial charge in [-0.1, -0.05) is 126 Å². The zero-order chi connectivity index (χ0) is 33.8. The van der Waals surface area contributed by atoms with E-state index in [1.165, 1.54) is 11.1 Å². The van der Waals surface area contributed by atoms with Crippen molar-refractivity contribution in [2.75, 3.05) is 11.5 Å². The molecule has 0 bridgehead atoms. The molecule has 0 atom stereocenters. The van der Waals surface area contributed by atoms with Crippen LogP contribution in [0.1, 0.15) is 52.7 Å². The van der Waals surface area contributed by atoms with Gasteiger partial charge >= 0.3 is 0 Å². The molecule has 5 aromatic carbocycles. The van der Waals surface area contributed by atoms with Crippen LogP contribution in [0.2, 0.25) is 0 Å². The summed E-state index contributed by atoms with van der Waals surface area (Å²) in [5.41, 5.74) is 26.5. The van der Waals surface area contributed by atoms with Crippen LogP contribution in [0.5, 0.6) is 0 Å². The maximum Gasteiger partial charge on any atom is 0.112 e. The van der Waals surface area contributed by atoms with Gasteiger partial charge in [0.1, 0.15) is 11.0 Å². The molecule has 0 radical (unpaired) electrons. The van der Waals surface area contributed by atoms with E-state index in [2.05, 4.69) is 114 Å². The first-order valence-corrected chi connectivity index (χ1v) is 16.3. The van der Waals surface area contributed by atoms with Crippen molar-refractivity contribution in [1.29, 1.82) is 0 Å². The predicted molar refractivity (Wildman–Crippen MR) is 201 cm³/mol. The van der Waals surface area contributed by atoms with Crippen molar-refractivity contribution in [3.8, 4) is 45.0 Å². The highest BCUT2D eigenvalue weighted by atomic mass is 14.9. The highest BCUT2D eigenvalue weighted by Crippen LogP contribution is 2.37. The monoisotopic (exact) mass is 628 g/mol. The lowest BCUT2D eigenvalue weighted by molar-refractivity contribution is 0.590. The Balaban J connectivity index is 1.37. The van der Waals surface area contributed by atoms with Gasteiger partial charge in [0.15, 0.2) is 0 Å². The van der Waals surface area contributed by atoms with Crippen molar-refractivity contribution in [3.63, 3.8) is 0 Å². The maximum absolute atomic E-state index is 6.37. The van der Waals surface area contributed by atoms with Crippen LogP contribution in [-0.4, -0.2) is 19.9 Å². The number of para-hydroxylation sites is 2. The lowest BCUT2D eigenvalue weighted by atomic mass is 9.86. The molecule has 0 aliphatic heterocycles. The van der Waals surface area contributed by atoms with E-state index in [0.29, 0.717) is 22.4 Å². The van der Waals surface area contributed by atoms with Gasteiger partial charge in [0.2, 0.25) is 0 Å². The quantitative estimate of drug-likeness (QED) is 0.188. The van der Waals surface area contributed by atoms with Gasteiger partial charge in [0.05, 0.1) is 45.2 Å². The predicted octanol–water partition coefficient (Wildman–Crippen LogP) is 10.0. The third kappa shape index (κ3) is 5.75. The number of nitrogen functional groups attached to an aromatic ring is 2. The van der Waals surface area contributed by atoms with Crippen LogP contribution in [0, 0.1) is 0 Å². The van der Waals surface area contributed by atoms with Crippen molar-refractivity contribution in [1.82, 2.24) is 19.9 Å². The van der Waals surface area contributed by atoms with Crippen LogP contribution >= 0.6 is 0 Å². The van der Waals surface area contributed by atoms with Gasteiger partial charge in [-0.05, 0) is 46.2 Å². The van der Waals surface area contributed by atoms with E-state index in [-0.39, 0.29) is 10.8 Å². The van der Waals surface area contributed by atoms with E-state index < -0.39 is 0 Å². The Hall–Kier alpha value is -5.62. The van der Waals surface area contributed by atoms with Crippen LogP contribution in [0.4, 0.5) is 11.4 Å². The summed E-state index contributed by atoms with van der Waals surface area (Å²) in [5.74, 6) is 0. The molecule has 0 saturated heterocycles. The molecule has 0 saturated carbocycles. The van der Waals surface area contributed by atoms with Crippen LogP contribution < -0.4 is 11.5 Å². The smallest absolute Gasteiger partial charge is 0.112 e. The normalized spacial score (nSPS) is 12.1. The second-order valence-corrected chi connectivity index (χ2v) is 14.5. The molecule has 0 amide bonds. The molecule has 0 spiro atoms. The molecule has 2 aromatic heterocycles. The molecule has 2 heterocycles. The summed E-state index contributed by atoms with van der Waals surface area (Å²) in [4.78, 5) is 20.4. The molecule has 0 aliphatic rings. The highest BCUT2D eigenvalue weighted by molar-refractivity contribution is 5.94. The molecule has 48 heavy (non-hydrogen) atoms. The van der Waals surface area contributed by atoms with Crippen LogP contribution in [0.25, 0.3) is 67.1 Å². The SMILES string of the molecule is CC(C)(C)c1ccc(-c2nc3c(N)cccc3nc2-c2ccc(-c3nc4cccc(N)c4nc3-c3ccc(C(C)(C)C)cc3)cc2)cc1. The summed E-state index contributed by atoms with van der Waals surface area (Å²) >= 11 is 0. The first kappa shape index (κ1) is 31.0. The molecule has 6 heteroatoms. The lowest BCUT2D eigenvalue weighted by Crippen LogP contribution is -2.10. The summed E-state index contributed by atoms with van der Waals surface area (Å²) < 4.78 is 0. The molecule has 0 aliphatic carbocycles. The van der Waals surface area contributed by atoms with E-state index in [0.717, 1.165) is 56.1 Å². The molecule has 6 nitrogen and oxygen atoms in total. The number of nitrogens with zero attached hydrogens (tertiary/aromatic N) is 4. The van der Waals surface area contributed by atoms with Crippen molar-refractivity contribution in [3.05, 3.63) is 120 Å². The Bertz CT molecular complexity index is 2130. The number of hydrogen-bond donors (Lipinski definition) is 2. The number of anilines is 2. The third-order valence-electron chi connectivity index (χ3n) is 8.93. The zero-order valence-electron chi connectivity index (χ0n) is 28.3. The average Bonchev–Trinajstić information content (AvgIpc) is 3.07. The van der Waals surface area contributed by atoms with Gasteiger partial charge in [-0.15, -0.1) is 0 Å². The maximum atomic E-state index is 6.37. The van der Waals surface area contributed by atoms with Gasteiger partial charge in [-0.3, -0.25) is 0 Å². The van der Waals surface area contributed by atoms with Crippen molar-refractivity contribution in [2.24, 2.45) is 0 Å².